The van der Waals surface area contributed by atoms with Gasteiger partial charge in [0, 0.05) is 5.92 Å². The Labute approximate surface area is 81.9 Å². The highest BCUT2D eigenvalue weighted by Crippen LogP contribution is 2.21. The molecule has 0 aliphatic heterocycles. The maximum Gasteiger partial charge on any atom is 0.152 e. The molecule has 0 aliphatic carbocycles. The molecule has 0 radical (unpaired) electrons. The normalized spacial score (nSPS) is 16.8. The quantitative estimate of drug-likeness (QED) is 0.730. The van der Waals surface area contributed by atoms with Crippen molar-refractivity contribution in [1.82, 2.24) is 0 Å². The highest BCUT2D eigenvalue weighted by molar-refractivity contribution is 5.85. The van der Waals surface area contributed by atoms with Gasteiger partial charge < -0.3 is 5.73 Å². The average molecular weight is 185 g/mol. The van der Waals surface area contributed by atoms with E-state index in [-0.39, 0.29) is 23.2 Å². The van der Waals surface area contributed by atoms with Gasteiger partial charge in [0.05, 0.1) is 6.04 Å². The molecule has 2 unspecified atom stereocenters. The number of carbonyl (C=O) groups is 1. The fraction of sp³-hybridized carbons (Fsp3) is 0.909. The van der Waals surface area contributed by atoms with Gasteiger partial charge in [-0.3, -0.25) is 4.79 Å². The molecule has 78 valence electrons. The van der Waals surface area contributed by atoms with Crippen molar-refractivity contribution in [2.75, 3.05) is 0 Å². The number of hydrogen-bond acceptors (Lipinski definition) is 2. The molecule has 2 N–H and O–H groups in total. The summed E-state index contributed by atoms with van der Waals surface area (Å²) in [4.78, 5) is 11.6. The number of hydrogen-bond donors (Lipinski definition) is 1. The van der Waals surface area contributed by atoms with Crippen molar-refractivity contribution >= 4 is 5.78 Å². The van der Waals surface area contributed by atoms with Gasteiger partial charge in [-0.25, -0.2) is 0 Å². The van der Waals surface area contributed by atoms with Crippen LogP contribution < -0.4 is 5.73 Å². The summed E-state index contributed by atoms with van der Waals surface area (Å²) < 4.78 is 0. The van der Waals surface area contributed by atoms with E-state index >= 15 is 0 Å². The second kappa shape index (κ2) is 4.75. The van der Waals surface area contributed by atoms with E-state index < -0.39 is 0 Å². The van der Waals surface area contributed by atoms with E-state index in [9.17, 15) is 4.79 Å². The molecule has 0 aromatic heterocycles. The van der Waals surface area contributed by atoms with Crippen LogP contribution in [0.15, 0.2) is 0 Å². The Morgan fingerprint density at radius 3 is 2.15 bits per heavy atom. The fourth-order valence-corrected chi connectivity index (χ4v) is 1.33. The summed E-state index contributed by atoms with van der Waals surface area (Å²) in [6, 6.07) is -0.282. The van der Waals surface area contributed by atoms with E-state index in [1.54, 1.807) is 0 Å². The summed E-state index contributed by atoms with van der Waals surface area (Å²) >= 11 is 0. The molecule has 0 heterocycles. The number of Topliss-reactive ketones (excluding diaryl/α,β-unsaturated/α-hetero) is 1. The minimum absolute atomic E-state index is 0.109. The fourth-order valence-electron chi connectivity index (χ4n) is 1.33. The van der Waals surface area contributed by atoms with Crippen LogP contribution in [0.1, 0.15) is 47.5 Å². The van der Waals surface area contributed by atoms with E-state index in [0.717, 1.165) is 12.8 Å². The molecule has 0 rings (SSSR count). The van der Waals surface area contributed by atoms with Crippen LogP contribution in [0.3, 0.4) is 0 Å². The van der Waals surface area contributed by atoms with Gasteiger partial charge in [0.1, 0.15) is 0 Å². The van der Waals surface area contributed by atoms with E-state index in [4.69, 9.17) is 5.73 Å². The van der Waals surface area contributed by atoms with Crippen molar-refractivity contribution in [3.8, 4) is 0 Å². The van der Waals surface area contributed by atoms with Crippen LogP contribution in [0, 0.1) is 11.3 Å². The van der Waals surface area contributed by atoms with Crippen molar-refractivity contribution in [3.05, 3.63) is 0 Å². The van der Waals surface area contributed by atoms with Crippen LogP contribution in [0.5, 0.6) is 0 Å². The Kier molecular flexibility index (Phi) is 4.62. The molecule has 0 amide bonds. The molecular weight excluding hydrogens is 162 g/mol. The van der Waals surface area contributed by atoms with Crippen LogP contribution in [0.25, 0.3) is 0 Å². The number of carbonyl (C=O) groups excluding carboxylic acids is 1. The van der Waals surface area contributed by atoms with Gasteiger partial charge in [0.15, 0.2) is 5.78 Å². The zero-order chi connectivity index (χ0) is 10.6. The standard InChI is InChI=1S/C11H23NO/c1-6-8(2)10(13)9(12)7-11(3,4)5/h8-9H,6-7,12H2,1-5H3. The van der Waals surface area contributed by atoms with E-state index in [1.807, 2.05) is 13.8 Å². The summed E-state index contributed by atoms with van der Waals surface area (Å²) in [5.41, 5.74) is 5.97. The second-order valence-electron chi connectivity index (χ2n) is 5.08. The molecule has 13 heavy (non-hydrogen) atoms. The first-order valence-corrected chi connectivity index (χ1v) is 5.07. The summed E-state index contributed by atoms with van der Waals surface area (Å²) in [5, 5.41) is 0. The number of nitrogens with two attached hydrogens (primary N) is 1. The van der Waals surface area contributed by atoms with E-state index in [2.05, 4.69) is 20.8 Å². The summed E-state index contributed by atoms with van der Waals surface area (Å²) in [7, 11) is 0. The lowest BCUT2D eigenvalue weighted by Crippen LogP contribution is -2.37. The molecule has 0 fully saturated rings. The number of ketones is 1. The molecule has 0 saturated carbocycles. The Balaban J connectivity index is 4.12. The average Bonchev–Trinajstić information content (AvgIpc) is 1.98. The monoisotopic (exact) mass is 185 g/mol. The Morgan fingerprint density at radius 1 is 1.38 bits per heavy atom. The summed E-state index contributed by atoms with van der Waals surface area (Å²) in [6.45, 7) is 10.3. The highest BCUT2D eigenvalue weighted by atomic mass is 16.1. The van der Waals surface area contributed by atoms with Crippen LogP contribution in [0.2, 0.25) is 0 Å². The summed E-state index contributed by atoms with van der Waals surface area (Å²) in [6.07, 6.45) is 1.66. The van der Waals surface area contributed by atoms with Crippen LogP contribution in [-0.4, -0.2) is 11.8 Å². The predicted molar refractivity (Wildman–Crippen MR) is 56.5 cm³/mol. The second-order valence-corrected chi connectivity index (χ2v) is 5.08. The van der Waals surface area contributed by atoms with Crippen molar-refractivity contribution in [2.45, 2.75) is 53.5 Å². The van der Waals surface area contributed by atoms with E-state index in [0.29, 0.717) is 0 Å². The zero-order valence-corrected chi connectivity index (χ0v) is 9.55. The third-order valence-corrected chi connectivity index (χ3v) is 2.30. The van der Waals surface area contributed by atoms with Crippen LogP contribution in [0.4, 0.5) is 0 Å². The zero-order valence-electron chi connectivity index (χ0n) is 9.55. The van der Waals surface area contributed by atoms with Gasteiger partial charge in [0.25, 0.3) is 0 Å². The van der Waals surface area contributed by atoms with Crippen molar-refractivity contribution in [2.24, 2.45) is 17.1 Å². The first-order valence-electron chi connectivity index (χ1n) is 5.07. The molecule has 0 aromatic carbocycles. The van der Waals surface area contributed by atoms with Gasteiger partial charge in [-0.15, -0.1) is 0 Å². The molecule has 0 saturated heterocycles. The maximum absolute atomic E-state index is 11.6. The Morgan fingerprint density at radius 2 is 1.85 bits per heavy atom. The first-order chi connectivity index (χ1) is 5.78. The molecular formula is C11H23NO. The molecule has 2 heteroatoms. The van der Waals surface area contributed by atoms with Crippen molar-refractivity contribution in [3.63, 3.8) is 0 Å². The van der Waals surface area contributed by atoms with E-state index in [1.165, 1.54) is 0 Å². The molecule has 0 aromatic rings. The minimum Gasteiger partial charge on any atom is -0.321 e. The lowest BCUT2D eigenvalue weighted by molar-refractivity contribution is -0.124. The van der Waals surface area contributed by atoms with Gasteiger partial charge >= 0.3 is 0 Å². The molecule has 2 nitrogen and oxygen atoms in total. The SMILES string of the molecule is CCC(C)C(=O)C(N)CC(C)(C)C. The molecule has 0 aliphatic rings. The maximum atomic E-state index is 11.6. The molecule has 2 atom stereocenters. The Hall–Kier alpha value is -0.370. The Bertz CT molecular complexity index is 169. The highest BCUT2D eigenvalue weighted by Gasteiger charge is 2.23. The lowest BCUT2D eigenvalue weighted by atomic mass is 9.84. The molecule has 0 bridgehead atoms. The largest absolute Gasteiger partial charge is 0.321 e. The topological polar surface area (TPSA) is 43.1 Å². The first kappa shape index (κ1) is 12.6. The van der Waals surface area contributed by atoms with Crippen LogP contribution >= 0.6 is 0 Å². The summed E-state index contributed by atoms with van der Waals surface area (Å²) in [5.74, 6) is 0.315. The third-order valence-electron chi connectivity index (χ3n) is 2.30. The van der Waals surface area contributed by atoms with Gasteiger partial charge in [-0.05, 0) is 18.3 Å². The van der Waals surface area contributed by atoms with Gasteiger partial charge in [-0.1, -0.05) is 34.6 Å². The predicted octanol–water partition coefficient (Wildman–Crippen LogP) is 2.37. The smallest absolute Gasteiger partial charge is 0.152 e. The van der Waals surface area contributed by atoms with Crippen molar-refractivity contribution in [1.29, 1.82) is 0 Å². The lowest BCUT2D eigenvalue weighted by Gasteiger charge is -2.23. The minimum atomic E-state index is -0.282. The number of rotatable bonds is 4. The third kappa shape index (κ3) is 5.04. The molecule has 0 spiro atoms. The van der Waals surface area contributed by atoms with Crippen molar-refractivity contribution < 1.29 is 4.79 Å². The van der Waals surface area contributed by atoms with Crippen LogP contribution in [-0.2, 0) is 4.79 Å². The van der Waals surface area contributed by atoms with Gasteiger partial charge in [0.2, 0.25) is 0 Å². The van der Waals surface area contributed by atoms with Gasteiger partial charge in [-0.2, -0.15) is 0 Å².